The van der Waals surface area contributed by atoms with Gasteiger partial charge in [0.25, 0.3) is 0 Å². The van der Waals surface area contributed by atoms with Gasteiger partial charge < -0.3 is 10.1 Å². The van der Waals surface area contributed by atoms with E-state index < -0.39 is 17.2 Å². The number of esters is 1. The van der Waals surface area contributed by atoms with E-state index in [1.165, 1.54) is 12.1 Å². The predicted octanol–water partition coefficient (Wildman–Crippen LogP) is 5.19. The molecule has 2 unspecified atom stereocenters. The molecule has 3 nitrogen and oxygen atoms in total. The molecule has 0 aromatic heterocycles. The summed E-state index contributed by atoms with van der Waals surface area (Å²) in [5, 5.41) is 3.44. The molecule has 1 aliphatic rings. The maximum atomic E-state index is 13.6. The zero-order chi connectivity index (χ0) is 20.4. The molecule has 0 amide bonds. The Hall–Kier alpha value is -1.49. The van der Waals surface area contributed by atoms with Crippen LogP contribution in [0, 0.1) is 23.5 Å². The first-order valence-corrected chi connectivity index (χ1v) is 9.87. The highest BCUT2D eigenvalue weighted by molar-refractivity contribution is 5.75. The summed E-state index contributed by atoms with van der Waals surface area (Å²) >= 11 is 0. The summed E-state index contributed by atoms with van der Waals surface area (Å²) in [7, 11) is 0. The predicted molar refractivity (Wildman–Crippen MR) is 104 cm³/mol. The second-order valence-corrected chi connectivity index (χ2v) is 9.26. The van der Waals surface area contributed by atoms with Gasteiger partial charge in [-0.05, 0) is 90.0 Å². The fourth-order valence-corrected chi connectivity index (χ4v) is 4.16. The van der Waals surface area contributed by atoms with Gasteiger partial charge in [-0.1, -0.05) is 6.92 Å². The van der Waals surface area contributed by atoms with Crippen molar-refractivity contribution in [3.8, 4) is 0 Å². The third kappa shape index (κ3) is 5.74. The Balaban J connectivity index is 2.10. The molecule has 3 atom stereocenters. The normalized spacial score (nSPS) is 23.3. The van der Waals surface area contributed by atoms with E-state index in [9.17, 15) is 13.6 Å². The van der Waals surface area contributed by atoms with Crippen molar-refractivity contribution in [2.45, 2.75) is 77.9 Å². The summed E-state index contributed by atoms with van der Waals surface area (Å²) in [6.45, 7) is 12.4. The molecule has 0 spiro atoms. The third-order valence-electron chi connectivity index (χ3n) is 5.46. The second-order valence-electron chi connectivity index (χ2n) is 9.26. The van der Waals surface area contributed by atoms with Crippen molar-refractivity contribution in [3.63, 3.8) is 0 Å². The number of hydrogen-bond acceptors (Lipinski definition) is 3. The van der Waals surface area contributed by atoms with E-state index in [1.807, 2.05) is 41.5 Å². The van der Waals surface area contributed by atoms with Crippen molar-refractivity contribution in [2.24, 2.45) is 11.8 Å². The van der Waals surface area contributed by atoms with Gasteiger partial charge in [-0.3, -0.25) is 4.79 Å². The lowest BCUT2D eigenvalue weighted by molar-refractivity contribution is -0.163. The van der Waals surface area contributed by atoms with Crippen molar-refractivity contribution in [1.82, 2.24) is 5.32 Å². The van der Waals surface area contributed by atoms with Crippen molar-refractivity contribution < 1.29 is 18.3 Å². The maximum Gasteiger partial charge on any atom is 0.311 e. The van der Waals surface area contributed by atoms with Crippen LogP contribution in [-0.2, 0) is 9.53 Å². The van der Waals surface area contributed by atoms with Gasteiger partial charge in [-0.25, -0.2) is 8.78 Å². The lowest BCUT2D eigenvalue weighted by Crippen LogP contribution is -2.44. The molecule has 1 aromatic rings. The molecular weight excluding hydrogens is 348 g/mol. The molecule has 27 heavy (non-hydrogen) atoms. The van der Waals surface area contributed by atoms with Crippen LogP contribution in [0.2, 0.25) is 0 Å². The van der Waals surface area contributed by atoms with Gasteiger partial charge in [0.05, 0.1) is 5.92 Å². The lowest BCUT2D eigenvalue weighted by atomic mass is 9.78. The van der Waals surface area contributed by atoms with Gasteiger partial charge in [0, 0.05) is 11.6 Å². The van der Waals surface area contributed by atoms with Gasteiger partial charge in [0.2, 0.25) is 0 Å². The Morgan fingerprint density at radius 1 is 1.26 bits per heavy atom. The summed E-state index contributed by atoms with van der Waals surface area (Å²) in [5.74, 6) is -1.29. The molecule has 1 aromatic carbocycles. The molecule has 2 rings (SSSR count). The first-order valence-electron chi connectivity index (χ1n) is 9.87. The molecule has 1 fully saturated rings. The van der Waals surface area contributed by atoms with Gasteiger partial charge in [0.15, 0.2) is 0 Å². The Morgan fingerprint density at radius 2 is 1.85 bits per heavy atom. The first kappa shape index (κ1) is 21.8. The topological polar surface area (TPSA) is 38.3 Å². The number of rotatable bonds is 6. The van der Waals surface area contributed by atoms with E-state index in [4.69, 9.17) is 4.74 Å². The van der Waals surface area contributed by atoms with Crippen LogP contribution in [0.5, 0.6) is 0 Å². The summed E-state index contributed by atoms with van der Waals surface area (Å²) in [6, 6.07) is 3.73. The smallest absolute Gasteiger partial charge is 0.311 e. The number of halogens is 2. The maximum absolute atomic E-state index is 13.6. The van der Waals surface area contributed by atoms with E-state index in [0.29, 0.717) is 5.56 Å². The molecule has 1 N–H and O–H groups in total. The van der Waals surface area contributed by atoms with E-state index in [1.54, 1.807) is 0 Å². The quantitative estimate of drug-likeness (QED) is 0.689. The number of ether oxygens (including phenoxy) is 1. The minimum absolute atomic E-state index is 0.0678. The second kappa shape index (κ2) is 8.26. The SMILES string of the molecule is CCC(CCC1CNC(C)(C)[C@H]1C(=O)OC(C)(C)C)c1cc(F)cc(F)c1. The molecule has 152 valence electrons. The number of hydrogen-bond donors (Lipinski definition) is 1. The van der Waals surface area contributed by atoms with Gasteiger partial charge >= 0.3 is 5.97 Å². The van der Waals surface area contributed by atoms with Crippen molar-refractivity contribution in [1.29, 1.82) is 0 Å². The fraction of sp³-hybridized carbons (Fsp3) is 0.682. The average Bonchev–Trinajstić information content (AvgIpc) is 2.80. The molecule has 1 heterocycles. The van der Waals surface area contributed by atoms with Crippen LogP contribution in [0.4, 0.5) is 8.78 Å². The van der Waals surface area contributed by atoms with Gasteiger partial charge in [0.1, 0.15) is 17.2 Å². The standard InChI is InChI=1S/C22H33F2NO2/c1-7-14(16-10-17(23)12-18(24)11-16)8-9-15-13-25-22(5,6)19(15)20(26)27-21(2,3)4/h10-12,14-15,19,25H,7-9,13H2,1-6H3/t14?,15?,19-/m1/s1. The zero-order valence-electron chi connectivity index (χ0n) is 17.4. The molecule has 0 bridgehead atoms. The van der Waals surface area contributed by atoms with Crippen molar-refractivity contribution >= 4 is 5.97 Å². The zero-order valence-corrected chi connectivity index (χ0v) is 17.4. The van der Waals surface area contributed by atoms with Crippen LogP contribution in [0.25, 0.3) is 0 Å². The summed E-state index contributed by atoms with van der Waals surface area (Å²) in [4.78, 5) is 12.8. The van der Waals surface area contributed by atoms with Crippen molar-refractivity contribution in [2.75, 3.05) is 6.54 Å². The Bertz CT molecular complexity index is 647. The molecule has 5 heteroatoms. The summed E-state index contributed by atoms with van der Waals surface area (Å²) in [5.41, 5.74) is -0.167. The Labute approximate surface area is 161 Å². The lowest BCUT2D eigenvalue weighted by Gasteiger charge is -2.32. The highest BCUT2D eigenvalue weighted by Crippen LogP contribution is 2.38. The largest absolute Gasteiger partial charge is 0.460 e. The fourth-order valence-electron chi connectivity index (χ4n) is 4.16. The third-order valence-corrected chi connectivity index (χ3v) is 5.46. The highest BCUT2D eigenvalue weighted by atomic mass is 19.1. The van der Waals surface area contributed by atoms with Crippen LogP contribution in [0.3, 0.4) is 0 Å². The number of nitrogens with one attached hydrogen (secondary N) is 1. The Kier molecular flexibility index (Phi) is 6.67. The molecule has 0 radical (unpaired) electrons. The Morgan fingerprint density at radius 3 is 2.37 bits per heavy atom. The number of carbonyl (C=O) groups is 1. The molecule has 1 saturated heterocycles. The number of benzene rings is 1. The van der Waals surface area contributed by atoms with Crippen LogP contribution < -0.4 is 5.32 Å². The van der Waals surface area contributed by atoms with E-state index in [2.05, 4.69) is 5.32 Å². The minimum atomic E-state index is -0.543. The molecule has 0 saturated carbocycles. The van der Waals surface area contributed by atoms with Gasteiger partial charge in [-0.15, -0.1) is 0 Å². The van der Waals surface area contributed by atoms with Crippen LogP contribution >= 0.6 is 0 Å². The average molecular weight is 382 g/mol. The summed E-state index contributed by atoms with van der Waals surface area (Å²) in [6.07, 6.45) is 2.38. The van der Waals surface area contributed by atoms with E-state index in [-0.39, 0.29) is 29.3 Å². The first-order chi connectivity index (χ1) is 12.4. The van der Waals surface area contributed by atoms with E-state index >= 15 is 0 Å². The highest BCUT2D eigenvalue weighted by Gasteiger charge is 2.47. The van der Waals surface area contributed by atoms with Crippen molar-refractivity contribution in [3.05, 3.63) is 35.4 Å². The van der Waals surface area contributed by atoms with Crippen LogP contribution in [-0.4, -0.2) is 23.7 Å². The molecular formula is C22H33F2NO2. The van der Waals surface area contributed by atoms with Crippen LogP contribution in [0.15, 0.2) is 18.2 Å². The molecule has 1 aliphatic heterocycles. The van der Waals surface area contributed by atoms with Crippen LogP contribution in [0.1, 0.15) is 72.3 Å². The summed E-state index contributed by atoms with van der Waals surface area (Å²) < 4.78 is 32.8. The number of carbonyl (C=O) groups excluding carboxylic acids is 1. The van der Waals surface area contributed by atoms with Gasteiger partial charge in [-0.2, -0.15) is 0 Å². The van der Waals surface area contributed by atoms with E-state index in [0.717, 1.165) is 31.9 Å². The minimum Gasteiger partial charge on any atom is -0.460 e. The molecule has 0 aliphatic carbocycles. The monoisotopic (exact) mass is 381 g/mol.